The number of thiazole rings is 1. The van der Waals surface area contributed by atoms with Gasteiger partial charge in [0.2, 0.25) is 5.91 Å². The molecule has 3 heterocycles. The van der Waals surface area contributed by atoms with Gasteiger partial charge in [-0.25, -0.2) is 4.98 Å². The fraction of sp³-hybridized carbons (Fsp3) is 0.292. The van der Waals surface area contributed by atoms with Gasteiger partial charge in [0, 0.05) is 29.1 Å². The number of piperidine rings is 1. The van der Waals surface area contributed by atoms with Crippen molar-refractivity contribution in [3.63, 3.8) is 0 Å². The number of aryl methyl sites for hydroxylation is 1. The van der Waals surface area contributed by atoms with Crippen molar-refractivity contribution < 1.29 is 17.9 Å². The first-order valence-corrected chi connectivity index (χ1v) is 13.2. The highest BCUT2D eigenvalue weighted by molar-refractivity contribution is 7.90. The monoisotopic (exact) mass is 496 g/mol. The van der Waals surface area contributed by atoms with Crippen LogP contribution >= 0.6 is 11.3 Å². The second kappa shape index (κ2) is 8.84. The molecule has 0 unspecified atom stereocenters. The Morgan fingerprint density at radius 3 is 2.71 bits per heavy atom. The van der Waals surface area contributed by atoms with Crippen molar-refractivity contribution in [2.24, 2.45) is 10.3 Å². The van der Waals surface area contributed by atoms with Gasteiger partial charge in [-0.15, -0.1) is 15.7 Å². The number of likely N-dealkylation sites (tertiary alicyclic amines) is 1. The molecule has 2 aromatic carbocycles. The summed E-state index contributed by atoms with van der Waals surface area (Å²) in [7, 11) is -2.07. The summed E-state index contributed by atoms with van der Waals surface area (Å²) in [5.41, 5.74) is 2.39. The molecular weight excluding hydrogens is 472 g/mol. The molecule has 2 aliphatic heterocycles. The number of amides is 1. The van der Waals surface area contributed by atoms with Crippen molar-refractivity contribution in [3.8, 4) is 17.0 Å². The normalized spacial score (nSPS) is 18.8. The Balaban J connectivity index is 1.31. The first-order chi connectivity index (χ1) is 16.4. The summed E-state index contributed by atoms with van der Waals surface area (Å²) >= 11 is 1.44. The van der Waals surface area contributed by atoms with Crippen molar-refractivity contribution >= 4 is 38.2 Å². The molecule has 1 amide bonds. The molecule has 1 fully saturated rings. The maximum absolute atomic E-state index is 13.1. The largest absolute Gasteiger partial charge is 0.497 e. The number of anilines is 1. The van der Waals surface area contributed by atoms with E-state index < -0.39 is 10.0 Å². The van der Waals surface area contributed by atoms with Crippen LogP contribution in [0.25, 0.3) is 11.3 Å². The number of benzene rings is 2. The Kier molecular flexibility index (Phi) is 5.86. The van der Waals surface area contributed by atoms with Gasteiger partial charge in [-0.2, -0.15) is 8.42 Å². The van der Waals surface area contributed by atoms with Crippen LogP contribution in [0, 0.1) is 12.8 Å². The standard InChI is InChI=1S/C24H24N4O4S2/c1-15-21(16-9-11-18(32-2)12-10-16)25-24(33-15)26-23(29)17-6-5-13-28(14-17)22-19-7-3-4-8-20(19)34(30,31)27-22/h3-4,7-12,17H,5-6,13-14H2,1-2H3,(H,25,26,29)/t17-/m1/s1. The van der Waals surface area contributed by atoms with Crippen molar-refractivity contribution in [2.75, 3.05) is 25.5 Å². The Labute approximate surface area is 202 Å². The smallest absolute Gasteiger partial charge is 0.285 e. The molecule has 0 aliphatic carbocycles. The molecular formula is C24H24N4O4S2. The van der Waals surface area contributed by atoms with Crippen LogP contribution in [-0.2, 0) is 14.8 Å². The predicted octanol–water partition coefficient (Wildman–Crippen LogP) is 3.93. The average Bonchev–Trinajstić information content (AvgIpc) is 3.35. The SMILES string of the molecule is COc1ccc(-c2nc(NC(=O)[C@@H]3CCCN(C4=NS(=O)(=O)c5ccccc54)C3)sc2C)cc1. The molecule has 1 saturated heterocycles. The van der Waals surface area contributed by atoms with E-state index in [2.05, 4.69) is 14.7 Å². The molecule has 176 valence electrons. The van der Waals surface area contributed by atoms with Gasteiger partial charge in [0.05, 0.1) is 18.7 Å². The van der Waals surface area contributed by atoms with Crippen molar-refractivity contribution in [3.05, 3.63) is 59.0 Å². The third-order valence-corrected chi connectivity index (χ3v) is 8.31. The minimum Gasteiger partial charge on any atom is -0.497 e. The summed E-state index contributed by atoms with van der Waals surface area (Å²) in [4.78, 5) is 20.9. The molecule has 10 heteroatoms. The van der Waals surface area contributed by atoms with E-state index in [1.807, 2.05) is 36.1 Å². The van der Waals surface area contributed by atoms with Crippen LogP contribution in [0.15, 0.2) is 57.8 Å². The van der Waals surface area contributed by atoms with E-state index in [1.54, 1.807) is 31.4 Å². The van der Waals surface area contributed by atoms with Crippen molar-refractivity contribution in [2.45, 2.75) is 24.7 Å². The lowest BCUT2D eigenvalue weighted by atomic mass is 9.96. The third-order valence-electron chi connectivity index (χ3n) is 6.09. The number of carbonyl (C=O) groups is 1. The van der Waals surface area contributed by atoms with Crippen LogP contribution in [-0.4, -0.2) is 50.2 Å². The highest BCUT2D eigenvalue weighted by atomic mass is 32.2. The van der Waals surface area contributed by atoms with Gasteiger partial charge in [-0.1, -0.05) is 12.1 Å². The van der Waals surface area contributed by atoms with Gasteiger partial charge in [-0.05, 0) is 56.2 Å². The Hall–Kier alpha value is -3.24. The topological polar surface area (TPSA) is 101 Å². The van der Waals surface area contributed by atoms with Gasteiger partial charge in [0.15, 0.2) is 11.0 Å². The second-order valence-corrected chi connectivity index (χ2v) is 11.1. The van der Waals surface area contributed by atoms with E-state index in [9.17, 15) is 13.2 Å². The van der Waals surface area contributed by atoms with Gasteiger partial charge in [0.25, 0.3) is 10.0 Å². The molecule has 0 spiro atoms. The number of sulfonamides is 1. The molecule has 34 heavy (non-hydrogen) atoms. The molecule has 2 aliphatic rings. The zero-order valence-electron chi connectivity index (χ0n) is 18.8. The average molecular weight is 497 g/mol. The van der Waals surface area contributed by atoms with Crippen LogP contribution < -0.4 is 10.1 Å². The number of rotatable bonds is 4. The summed E-state index contributed by atoms with van der Waals surface area (Å²) in [5.74, 6) is 0.796. The summed E-state index contributed by atoms with van der Waals surface area (Å²) < 4.78 is 34.1. The maximum Gasteiger partial charge on any atom is 0.285 e. The zero-order valence-corrected chi connectivity index (χ0v) is 20.4. The first kappa shape index (κ1) is 22.5. The number of nitrogens with zero attached hydrogens (tertiary/aromatic N) is 3. The summed E-state index contributed by atoms with van der Waals surface area (Å²) in [6.45, 7) is 3.04. The number of methoxy groups -OCH3 is 1. The third kappa shape index (κ3) is 4.19. The number of ether oxygens (including phenoxy) is 1. The van der Waals surface area contributed by atoms with E-state index >= 15 is 0 Å². The number of nitrogens with one attached hydrogen (secondary N) is 1. The van der Waals surface area contributed by atoms with Crippen LogP contribution in [0.1, 0.15) is 23.3 Å². The minimum absolute atomic E-state index is 0.116. The number of carbonyl (C=O) groups excluding carboxylic acids is 1. The fourth-order valence-corrected chi connectivity index (χ4v) is 6.44. The number of hydrogen-bond acceptors (Lipinski definition) is 7. The van der Waals surface area contributed by atoms with Gasteiger partial charge < -0.3 is 15.0 Å². The molecule has 1 aromatic heterocycles. The highest BCUT2D eigenvalue weighted by Crippen LogP contribution is 2.33. The summed E-state index contributed by atoms with van der Waals surface area (Å²) in [6, 6.07) is 14.5. The van der Waals surface area contributed by atoms with Gasteiger partial charge in [0.1, 0.15) is 10.6 Å². The second-order valence-electron chi connectivity index (χ2n) is 8.31. The van der Waals surface area contributed by atoms with E-state index in [0.29, 0.717) is 29.6 Å². The van der Waals surface area contributed by atoms with Crippen molar-refractivity contribution in [1.82, 2.24) is 9.88 Å². The Morgan fingerprint density at radius 1 is 1.18 bits per heavy atom. The summed E-state index contributed by atoms with van der Waals surface area (Å²) in [6.07, 6.45) is 1.49. The predicted molar refractivity (Wildman–Crippen MR) is 132 cm³/mol. The van der Waals surface area contributed by atoms with Crippen LogP contribution in [0.2, 0.25) is 0 Å². The molecule has 8 nitrogen and oxygen atoms in total. The van der Waals surface area contributed by atoms with Gasteiger partial charge >= 0.3 is 0 Å². The number of aromatic nitrogens is 1. The molecule has 0 saturated carbocycles. The highest BCUT2D eigenvalue weighted by Gasteiger charge is 2.35. The Morgan fingerprint density at radius 2 is 1.94 bits per heavy atom. The minimum atomic E-state index is -3.69. The number of hydrogen-bond donors (Lipinski definition) is 1. The fourth-order valence-electron chi connectivity index (χ4n) is 4.37. The molecule has 3 aromatic rings. The Bertz CT molecular complexity index is 1380. The van der Waals surface area contributed by atoms with E-state index in [4.69, 9.17) is 4.74 Å². The van der Waals surface area contributed by atoms with E-state index in [-0.39, 0.29) is 16.7 Å². The van der Waals surface area contributed by atoms with Gasteiger partial charge in [-0.3, -0.25) is 4.79 Å². The molecule has 1 atom stereocenters. The summed E-state index contributed by atoms with van der Waals surface area (Å²) in [5, 5.41) is 3.52. The van der Waals surface area contributed by atoms with Crippen LogP contribution in [0.3, 0.4) is 0 Å². The lowest BCUT2D eigenvalue weighted by Gasteiger charge is -2.33. The van der Waals surface area contributed by atoms with E-state index in [0.717, 1.165) is 34.7 Å². The lowest BCUT2D eigenvalue weighted by molar-refractivity contribution is -0.121. The van der Waals surface area contributed by atoms with E-state index in [1.165, 1.54) is 11.3 Å². The number of fused-ring (bicyclic) bond motifs is 1. The molecule has 0 bridgehead atoms. The maximum atomic E-state index is 13.1. The zero-order chi connectivity index (χ0) is 23.9. The molecule has 1 N–H and O–H groups in total. The van der Waals surface area contributed by atoms with Crippen LogP contribution in [0.5, 0.6) is 5.75 Å². The van der Waals surface area contributed by atoms with Crippen LogP contribution in [0.4, 0.5) is 5.13 Å². The molecule has 5 rings (SSSR count). The first-order valence-electron chi connectivity index (χ1n) is 11.0. The van der Waals surface area contributed by atoms with Crippen molar-refractivity contribution in [1.29, 1.82) is 0 Å². The molecule has 0 radical (unpaired) electrons. The quantitative estimate of drug-likeness (QED) is 0.587. The lowest BCUT2D eigenvalue weighted by Crippen LogP contribution is -2.43. The number of amidine groups is 1.